The van der Waals surface area contributed by atoms with E-state index in [1.165, 1.54) is 12.1 Å². The van der Waals surface area contributed by atoms with Crippen molar-refractivity contribution in [2.45, 2.75) is 76.5 Å². The van der Waals surface area contributed by atoms with Gasteiger partial charge in [0.25, 0.3) is 0 Å². The van der Waals surface area contributed by atoms with Crippen LogP contribution >= 0.6 is 0 Å². The van der Waals surface area contributed by atoms with Crippen LogP contribution in [-0.4, -0.2) is 12.7 Å². The molecule has 0 aliphatic carbocycles. The highest BCUT2D eigenvalue weighted by Gasteiger charge is 2.40. The number of benzene rings is 2. The van der Waals surface area contributed by atoms with E-state index in [-0.39, 0.29) is 23.8 Å². The zero-order valence-electron chi connectivity index (χ0n) is 18.7. The smallest absolute Gasteiger partial charge is 0.378 e. The average Bonchev–Trinajstić information content (AvgIpc) is 2.78. The van der Waals surface area contributed by atoms with Crippen LogP contribution in [0.1, 0.15) is 74.5 Å². The molecule has 5 heteroatoms. The van der Waals surface area contributed by atoms with E-state index in [1.54, 1.807) is 12.1 Å². The third-order valence-electron chi connectivity index (χ3n) is 6.30. The predicted octanol–water partition coefficient (Wildman–Crippen LogP) is 8.47. The van der Waals surface area contributed by atoms with Crippen LogP contribution in [0.2, 0.25) is 0 Å². The summed E-state index contributed by atoms with van der Waals surface area (Å²) in [5.41, 5.74) is 0.315. The number of hydrogen-bond donors (Lipinski definition) is 0. The molecule has 1 saturated heterocycles. The standard InChI is InChI=1S/C27H32F4O/c1-3-5-7-9-22-15-14-21(18-32-22)23-16-17-24(26(28)25(23)27(29,30)31)20-12-10-19(11-13-20)8-6-4-2/h4,10-13,16-17,21-22H,2-3,5-9,14-15,18H2,1H3. The number of ether oxygens (including phenoxy) is 1. The first-order valence-corrected chi connectivity index (χ1v) is 11.6. The second kappa shape index (κ2) is 11.1. The summed E-state index contributed by atoms with van der Waals surface area (Å²) in [5, 5.41) is 0. The van der Waals surface area contributed by atoms with Crippen molar-refractivity contribution in [1.82, 2.24) is 0 Å². The topological polar surface area (TPSA) is 9.23 Å². The summed E-state index contributed by atoms with van der Waals surface area (Å²) >= 11 is 0. The van der Waals surface area contributed by atoms with Crippen molar-refractivity contribution in [3.8, 4) is 11.1 Å². The van der Waals surface area contributed by atoms with Gasteiger partial charge in [0, 0.05) is 11.5 Å². The van der Waals surface area contributed by atoms with Gasteiger partial charge in [-0.3, -0.25) is 0 Å². The quantitative estimate of drug-likeness (QED) is 0.212. The Hall–Kier alpha value is -2.14. The van der Waals surface area contributed by atoms with Gasteiger partial charge < -0.3 is 4.74 Å². The first-order chi connectivity index (χ1) is 15.3. The molecule has 2 unspecified atom stereocenters. The van der Waals surface area contributed by atoms with Crippen LogP contribution in [0.3, 0.4) is 0 Å². The molecule has 2 aromatic rings. The molecule has 0 aromatic heterocycles. The normalized spacial score (nSPS) is 19.2. The SMILES string of the molecule is C=CCCc1ccc(-c2ccc(C3CCC(CCCCC)OC3)c(C(F)(F)F)c2F)cc1. The maximum Gasteiger partial charge on any atom is 0.419 e. The van der Waals surface area contributed by atoms with Crippen molar-refractivity contribution in [3.05, 3.63) is 71.6 Å². The van der Waals surface area contributed by atoms with Gasteiger partial charge in [0.1, 0.15) is 5.82 Å². The summed E-state index contributed by atoms with van der Waals surface area (Å²) in [4.78, 5) is 0. The first-order valence-electron chi connectivity index (χ1n) is 11.6. The Kier molecular flexibility index (Phi) is 8.52. The maximum absolute atomic E-state index is 15.3. The second-order valence-corrected chi connectivity index (χ2v) is 8.64. The molecular weight excluding hydrogens is 416 g/mol. The van der Waals surface area contributed by atoms with Crippen molar-refractivity contribution < 1.29 is 22.3 Å². The molecule has 0 amide bonds. The van der Waals surface area contributed by atoms with E-state index in [9.17, 15) is 13.2 Å². The van der Waals surface area contributed by atoms with Crippen molar-refractivity contribution in [2.75, 3.05) is 6.61 Å². The van der Waals surface area contributed by atoms with E-state index >= 15 is 4.39 Å². The van der Waals surface area contributed by atoms with Crippen molar-refractivity contribution in [1.29, 1.82) is 0 Å². The lowest BCUT2D eigenvalue weighted by atomic mass is 9.85. The van der Waals surface area contributed by atoms with Crippen LogP contribution in [0.25, 0.3) is 11.1 Å². The number of unbranched alkanes of at least 4 members (excludes halogenated alkanes) is 2. The minimum absolute atomic E-state index is 0.00774. The van der Waals surface area contributed by atoms with E-state index in [0.29, 0.717) is 18.4 Å². The highest BCUT2D eigenvalue weighted by Crippen LogP contribution is 2.43. The van der Waals surface area contributed by atoms with Crippen LogP contribution in [0.4, 0.5) is 17.6 Å². The Labute approximate surface area is 188 Å². The fraction of sp³-hybridized carbons (Fsp3) is 0.481. The van der Waals surface area contributed by atoms with Crippen molar-refractivity contribution in [2.24, 2.45) is 0 Å². The Morgan fingerprint density at radius 1 is 1.06 bits per heavy atom. The Bertz CT molecular complexity index is 878. The third-order valence-corrected chi connectivity index (χ3v) is 6.30. The van der Waals surface area contributed by atoms with Crippen LogP contribution in [0, 0.1) is 5.82 Å². The van der Waals surface area contributed by atoms with E-state index in [4.69, 9.17) is 4.74 Å². The summed E-state index contributed by atoms with van der Waals surface area (Å²) in [6, 6.07) is 9.94. The third kappa shape index (κ3) is 6.00. The van der Waals surface area contributed by atoms with Crippen molar-refractivity contribution >= 4 is 0 Å². The number of alkyl halides is 3. The summed E-state index contributed by atoms with van der Waals surface area (Å²) in [5.74, 6) is -1.64. The van der Waals surface area contributed by atoms with Gasteiger partial charge in [0.15, 0.2) is 0 Å². The molecule has 0 bridgehead atoms. The van der Waals surface area contributed by atoms with Crippen LogP contribution < -0.4 is 0 Å². The van der Waals surface area contributed by atoms with E-state index in [0.717, 1.165) is 44.1 Å². The molecule has 32 heavy (non-hydrogen) atoms. The number of rotatable bonds is 9. The number of allylic oxidation sites excluding steroid dienone is 1. The number of halogens is 4. The zero-order valence-corrected chi connectivity index (χ0v) is 18.7. The summed E-state index contributed by atoms with van der Waals surface area (Å²) < 4.78 is 63.0. The summed E-state index contributed by atoms with van der Waals surface area (Å²) in [6.45, 7) is 6.02. The highest BCUT2D eigenvalue weighted by molar-refractivity contribution is 5.67. The molecule has 3 rings (SSSR count). The van der Waals surface area contributed by atoms with Gasteiger partial charge in [-0.2, -0.15) is 13.2 Å². The van der Waals surface area contributed by atoms with Gasteiger partial charge in [0.05, 0.1) is 18.3 Å². The summed E-state index contributed by atoms with van der Waals surface area (Å²) in [6.07, 6.45) is 4.27. The van der Waals surface area contributed by atoms with Gasteiger partial charge >= 0.3 is 6.18 Å². The predicted molar refractivity (Wildman–Crippen MR) is 121 cm³/mol. The monoisotopic (exact) mass is 448 g/mol. The first kappa shape index (κ1) is 24.5. The molecule has 0 N–H and O–H groups in total. The van der Waals surface area contributed by atoms with Crippen LogP contribution in [0.5, 0.6) is 0 Å². The molecule has 1 fully saturated rings. The molecule has 1 nitrogen and oxygen atoms in total. The van der Waals surface area contributed by atoms with Gasteiger partial charge in [-0.25, -0.2) is 4.39 Å². The average molecular weight is 449 g/mol. The molecule has 1 heterocycles. The molecule has 1 aliphatic heterocycles. The highest BCUT2D eigenvalue weighted by atomic mass is 19.4. The van der Waals surface area contributed by atoms with Gasteiger partial charge in [-0.05, 0) is 48.8 Å². The molecule has 0 spiro atoms. The second-order valence-electron chi connectivity index (χ2n) is 8.64. The molecule has 174 valence electrons. The number of hydrogen-bond acceptors (Lipinski definition) is 1. The van der Waals surface area contributed by atoms with Crippen LogP contribution in [0.15, 0.2) is 49.1 Å². The van der Waals surface area contributed by atoms with Gasteiger partial charge in [0.2, 0.25) is 0 Å². The minimum atomic E-state index is -4.77. The van der Waals surface area contributed by atoms with Gasteiger partial charge in [-0.15, -0.1) is 6.58 Å². The lowest BCUT2D eigenvalue weighted by Gasteiger charge is -2.31. The number of aryl methyl sites for hydroxylation is 1. The van der Waals surface area contributed by atoms with E-state index in [1.807, 2.05) is 18.2 Å². The fourth-order valence-electron chi connectivity index (χ4n) is 4.46. The Balaban J connectivity index is 1.83. The lowest BCUT2D eigenvalue weighted by molar-refractivity contribution is -0.141. The summed E-state index contributed by atoms with van der Waals surface area (Å²) in [7, 11) is 0. The minimum Gasteiger partial charge on any atom is -0.378 e. The Morgan fingerprint density at radius 2 is 1.81 bits per heavy atom. The van der Waals surface area contributed by atoms with E-state index in [2.05, 4.69) is 13.5 Å². The Morgan fingerprint density at radius 3 is 2.41 bits per heavy atom. The fourth-order valence-corrected chi connectivity index (χ4v) is 4.46. The molecule has 0 radical (unpaired) electrons. The molecule has 2 atom stereocenters. The molecular formula is C27H32F4O. The molecule has 2 aromatic carbocycles. The molecule has 0 saturated carbocycles. The zero-order chi connectivity index (χ0) is 23.1. The van der Waals surface area contributed by atoms with Crippen LogP contribution in [-0.2, 0) is 17.3 Å². The van der Waals surface area contributed by atoms with Crippen molar-refractivity contribution in [3.63, 3.8) is 0 Å². The van der Waals surface area contributed by atoms with E-state index < -0.39 is 23.5 Å². The van der Waals surface area contributed by atoms with Gasteiger partial charge in [-0.1, -0.05) is 68.7 Å². The molecule has 1 aliphatic rings. The largest absolute Gasteiger partial charge is 0.419 e. The maximum atomic E-state index is 15.3. The lowest BCUT2D eigenvalue weighted by Crippen LogP contribution is -2.27.